The number of likely N-dealkylation sites (tertiary alicyclic amines) is 1. The summed E-state index contributed by atoms with van der Waals surface area (Å²) >= 11 is 1.47. The number of fused-ring (bicyclic) bond motifs is 3. The Morgan fingerprint density at radius 2 is 2.17 bits per heavy atom. The number of carbonyl (C=O) groups is 1. The Balaban J connectivity index is 1.52. The molecule has 148 valence electrons. The summed E-state index contributed by atoms with van der Waals surface area (Å²) in [5.41, 5.74) is 7.48. The Labute approximate surface area is 170 Å². The van der Waals surface area contributed by atoms with Crippen LogP contribution in [0.1, 0.15) is 34.3 Å². The molecule has 1 saturated heterocycles. The molecule has 0 spiro atoms. The fourth-order valence-corrected chi connectivity index (χ4v) is 4.60. The highest BCUT2D eigenvalue weighted by Gasteiger charge is 2.29. The maximum atomic E-state index is 12.8. The lowest BCUT2D eigenvalue weighted by Gasteiger charge is -2.31. The van der Waals surface area contributed by atoms with Crippen LogP contribution in [0.3, 0.4) is 0 Å². The number of ether oxygens (including phenoxy) is 1. The summed E-state index contributed by atoms with van der Waals surface area (Å²) in [5, 5.41) is 7.40. The molecule has 29 heavy (non-hydrogen) atoms. The van der Waals surface area contributed by atoms with Crippen LogP contribution in [0.25, 0.3) is 16.6 Å². The molecule has 1 aliphatic heterocycles. The molecule has 1 amide bonds. The van der Waals surface area contributed by atoms with Crippen molar-refractivity contribution in [3.63, 3.8) is 0 Å². The number of para-hydroxylation sites is 1. The third-order valence-corrected chi connectivity index (χ3v) is 6.19. The van der Waals surface area contributed by atoms with E-state index in [2.05, 4.69) is 10.1 Å². The van der Waals surface area contributed by atoms with Crippen LogP contribution in [0.5, 0.6) is 5.75 Å². The van der Waals surface area contributed by atoms with Gasteiger partial charge in [-0.25, -0.2) is 9.97 Å². The first-order valence-electron chi connectivity index (χ1n) is 9.47. The molecule has 1 aliphatic rings. The monoisotopic (exact) mass is 408 g/mol. The van der Waals surface area contributed by atoms with Gasteiger partial charge < -0.3 is 15.4 Å². The number of rotatable bonds is 3. The van der Waals surface area contributed by atoms with Gasteiger partial charge in [0.25, 0.3) is 5.91 Å². The maximum Gasteiger partial charge on any atom is 0.263 e. The second-order valence-corrected chi connectivity index (χ2v) is 8.05. The Hall–Kier alpha value is -3.20. The van der Waals surface area contributed by atoms with E-state index >= 15 is 0 Å². The Kier molecular flexibility index (Phi) is 4.31. The average Bonchev–Trinajstić information content (AvgIpc) is 3.44. The zero-order valence-corrected chi connectivity index (χ0v) is 16.7. The zero-order chi connectivity index (χ0) is 20.0. The van der Waals surface area contributed by atoms with Crippen LogP contribution in [-0.4, -0.2) is 50.6 Å². The molecule has 4 aromatic rings. The van der Waals surface area contributed by atoms with Crippen LogP contribution >= 0.6 is 11.3 Å². The van der Waals surface area contributed by atoms with E-state index in [-0.39, 0.29) is 17.8 Å². The first kappa shape index (κ1) is 17.9. The van der Waals surface area contributed by atoms with Gasteiger partial charge in [-0.1, -0.05) is 12.1 Å². The van der Waals surface area contributed by atoms with Crippen LogP contribution in [0.15, 0.2) is 35.7 Å². The van der Waals surface area contributed by atoms with Crippen LogP contribution in [0.2, 0.25) is 0 Å². The molecule has 0 unspecified atom stereocenters. The smallest absolute Gasteiger partial charge is 0.263 e. The van der Waals surface area contributed by atoms with E-state index < -0.39 is 0 Å². The van der Waals surface area contributed by atoms with Crippen molar-refractivity contribution in [1.29, 1.82) is 0 Å². The minimum atomic E-state index is 0.0626. The van der Waals surface area contributed by atoms with Gasteiger partial charge in [0.05, 0.1) is 12.0 Å². The summed E-state index contributed by atoms with van der Waals surface area (Å²) in [5.74, 6) is 1.74. The van der Waals surface area contributed by atoms with E-state index in [0.29, 0.717) is 29.3 Å². The number of hydrogen-bond donors (Lipinski definition) is 1. The molecule has 1 aromatic carbocycles. The van der Waals surface area contributed by atoms with Crippen molar-refractivity contribution in [2.24, 2.45) is 0 Å². The van der Waals surface area contributed by atoms with Crippen molar-refractivity contribution in [2.75, 3.05) is 25.9 Å². The lowest BCUT2D eigenvalue weighted by molar-refractivity contribution is 0.0709. The van der Waals surface area contributed by atoms with Crippen molar-refractivity contribution in [1.82, 2.24) is 24.5 Å². The number of benzene rings is 1. The third-order valence-electron chi connectivity index (χ3n) is 5.33. The van der Waals surface area contributed by atoms with E-state index in [9.17, 15) is 4.79 Å². The molecular formula is C20H20N6O2S. The normalized spacial score (nSPS) is 17.1. The largest absolute Gasteiger partial charge is 0.494 e. The van der Waals surface area contributed by atoms with Gasteiger partial charge in [-0.3, -0.25) is 4.79 Å². The number of anilines is 1. The second-order valence-electron chi connectivity index (χ2n) is 7.10. The van der Waals surface area contributed by atoms with E-state index in [1.807, 2.05) is 40.6 Å². The van der Waals surface area contributed by atoms with E-state index in [0.717, 1.165) is 29.6 Å². The number of thiophene rings is 1. The lowest BCUT2D eigenvalue weighted by atomic mass is 9.97. The van der Waals surface area contributed by atoms with Crippen molar-refractivity contribution >= 4 is 39.7 Å². The maximum absolute atomic E-state index is 12.8. The SMILES string of the molecule is COc1cccc2c1nc(N)n1nc([C@@H]3CCCN(C(=O)c4cccs4)C3)nc21. The minimum absolute atomic E-state index is 0.0626. The number of nitrogens with zero attached hydrogens (tertiary/aromatic N) is 5. The van der Waals surface area contributed by atoms with E-state index in [1.165, 1.54) is 11.3 Å². The summed E-state index contributed by atoms with van der Waals surface area (Å²) in [6, 6.07) is 9.45. The highest BCUT2D eigenvalue weighted by atomic mass is 32.1. The average molecular weight is 408 g/mol. The predicted octanol–water partition coefficient (Wildman–Crippen LogP) is 2.95. The van der Waals surface area contributed by atoms with Crippen molar-refractivity contribution in [3.8, 4) is 5.75 Å². The molecule has 9 heteroatoms. The quantitative estimate of drug-likeness (QED) is 0.560. The molecule has 0 radical (unpaired) electrons. The number of piperidine rings is 1. The van der Waals surface area contributed by atoms with Gasteiger partial charge in [-0.05, 0) is 36.4 Å². The molecule has 2 N–H and O–H groups in total. The van der Waals surface area contributed by atoms with Gasteiger partial charge in [-0.2, -0.15) is 4.52 Å². The number of aromatic nitrogens is 4. The molecule has 0 saturated carbocycles. The number of nitrogens with two attached hydrogens (primary N) is 1. The van der Waals surface area contributed by atoms with Crippen molar-refractivity contribution < 1.29 is 9.53 Å². The number of carbonyl (C=O) groups excluding carboxylic acids is 1. The highest BCUT2D eigenvalue weighted by Crippen LogP contribution is 2.31. The summed E-state index contributed by atoms with van der Waals surface area (Å²) in [6.07, 6.45) is 1.85. The molecule has 1 fully saturated rings. The Bertz CT molecular complexity index is 1200. The van der Waals surface area contributed by atoms with Crippen LogP contribution in [0.4, 0.5) is 5.95 Å². The van der Waals surface area contributed by atoms with Crippen molar-refractivity contribution in [2.45, 2.75) is 18.8 Å². The van der Waals surface area contributed by atoms with Crippen molar-refractivity contribution in [3.05, 3.63) is 46.4 Å². The van der Waals surface area contributed by atoms with Crippen LogP contribution in [-0.2, 0) is 0 Å². The number of nitrogen functional groups attached to an aromatic ring is 1. The first-order valence-corrected chi connectivity index (χ1v) is 10.4. The molecule has 1 atom stereocenters. The van der Waals surface area contributed by atoms with Gasteiger partial charge in [0.2, 0.25) is 5.95 Å². The van der Waals surface area contributed by atoms with Gasteiger partial charge in [0.1, 0.15) is 11.3 Å². The molecule has 3 aromatic heterocycles. The van der Waals surface area contributed by atoms with E-state index in [4.69, 9.17) is 15.5 Å². The van der Waals surface area contributed by atoms with Crippen LogP contribution in [0, 0.1) is 0 Å². The minimum Gasteiger partial charge on any atom is -0.494 e. The number of amides is 1. The summed E-state index contributed by atoms with van der Waals surface area (Å²) in [7, 11) is 1.60. The lowest BCUT2D eigenvalue weighted by Crippen LogP contribution is -2.39. The molecule has 0 aliphatic carbocycles. The standard InChI is InChI=1S/C20H20N6O2S/c1-28-14-7-2-6-13-16(14)22-20(21)26-18(13)23-17(24-26)12-5-3-9-25(11-12)19(27)15-8-4-10-29-15/h2,4,6-8,10,12H,3,5,9,11H2,1H3,(H2,21,22)/t12-/m1/s1. The third kappa shape index (κ3) is 2.98. The summed E-state index contributed by atoms with van der Waals surface area (Å²) in [4.78, 5) is 24.7. The highest BCUT2D eigenvalue weighted by molar-refractivity contribution is 7.12. The van der Waals surface area contributed by atoms with Gasteiger partial charge in [0.15, 0.2) is 11.5 Å². The fraction of sp³-hybridized carbons (Fsp3) is 0.300. The number of methoxy groups -OCH3 is 1. The summed E-state index contributed by atoms with van der Waals surface area (Å²) in [6.45, 7) is 1.35. The molecule has 8 nitrogen and oxygen atoms in total. The first-order chi connectivity index (χ1) is 14.2. The zero-order valence-electron chi connectivity index (χ0n) is 15.9. The number of hydrogen-bond acceptors (Lipinski definition) is 7. The predicted molar refractivity (Wildman–Crippen MR) is 111 cm³/mol. The Morgan fingerprint density at radius 1 is 1.28 bits per heavy atom. The van der Waals surface area contributed by atoms with Gasteiger partial charge in [0, 0.05) is 24.4 Å². The summed E-state index contributed by atoms with van der Waals surface area (Å²) < 4.78 is 6.99. The van der Waals surface area contributed by atoms with Gasteiger partial charge in [-0.15, -0.1) is 16.4 Å². The van der Waals surface area contributed by atoms with Crippen LogP contribution < -0.4 is 10.5 Å². The second kappa shape index (κ2) is 7.00. The van der Waals surface area contributed by atoms with Gasteiger partial charge >= 0.3 is 0 Å². The molecule has 4 heterocycles. The fourth-order valence-electron chi connectivity index (χ4n) is 3.91. The topological polar surface area (TPSA) is 98.6 Å². The molecular weight excluding hydrogens is 388 g/mol. The molecule has 5 rings (SSSR count). The Morgan fingerprint density at radius 3 is 2.97 bits per heavy atom. The molecule has 0 bridgehead atoms. The van der Waals surface area contributed by atoms with E-state index in [1.54, 1.807) is 11.6 Å².